The fraction of sp³-hybridized carbons (Fsp3) is 0.278. The molecule has 0 spiro atoms. The molecular weight excluding hydrogens is 294 g/mol. The summed E-state index contributed by atoms with van der Waals surface area (Å²) >= 11 is 0. The average Bonchev–Trinajstić information content (AvgIpc) is 2.46. The van der Waals surface area contributed by atoms with Gasteiger partial charge in [-0.2, -0.15) is 0 Å². The van der Waals surface area contributed by atoms with Gasteiger partial charge >= 0.3 is 5.97 Å². The zero-order valence-electron chi connectivity index (χ0n) is 13.3. The van der Waals surface area contributed by atoms with Crippen LogP contribution in [0.15, 0.2) is 36.5 Å². The van der Waals surface area contributed by atoms with E-state index in [2.05, 4.69) is 4.98 Å². The number of nitrogens with zero attached hydrogens (tertiary/aromatic N) is 1. The molecule has 120 valence electrons. The van der Waals surface area contributed by atoms with Crippen molar-refractivity contribution < 1.29 is 19.8 Å². The number of carboxylic acids is 1. The van der Waals surface area contributed by atoms with Crippen molar-refractivity contribution in [3.8, 4) is 16.9 Å². The summed E-state index contributed by atoms with van der Waals surface area (Å²) in [4.78, 5) is 27.3. The Labute approximate surface area is 134 Å². The van der Waals surface area contributed by atoms with Crippen molar-refractivity contribution in [2.24, 2.45) is 5.41 Å². The van der Waals surface area contributed by atoms with E-state index in [4.69, 9.17) is 5.11 Å². The molecule has 0 amide bonds. The van der Waals surface area contributed by atoms with Crippen molar-refractivity contribution in [3.05, 3.63) is 47.8 Å². The first-order chi connectivity index (χ1) is 10.7. The lowest BCUT2D eigenvalue weighted by Gasteiger charge is -2.17. The number of carboxylic acid groups (broad SMARTS) is 1. The maximum atomic E-state index is 12.2. The van der Waals surface area contributed by atoms with E-state index in [1.165, 1.54) is 26.1 Å². The Morgan fingerprint density at radius 2 is 1.87 bits per heavy atom. The van der Waals surface area contributed by atoms with Gasteiger partial charge in [0.05, 0.1) is 5.41 Å². The number of benzene rings is 1. The van der Waals surface area contributed by atoms with E-state index in [1.54, 1.807) is 0 Å². The third-order valence-electron chi connectivity index (χ3n) is 3.66. The molecule has 2 aromatic rings. The number of aromatic hydroxyl groups is 1. The molecule has 2 rings (SSSR count). The number of Topliss-reactive ketones (excluding diaryl/α,β-unsaturated/α-hetero) is 1. The van der Waals surface area contributed by atoms with E-state index < -0.39 is 17.2 Å². The second kappa shape index (κ2) is 6.20. The Kier molecular flexibility index (Phi) is 4.50. The van der Waals surface area contributed by atoms with Crippen LogP contribution in [-0.2, 0) is 4.79 Å². The van der Waals surface area contributed by atoms with E-state index >= 15 is 0 Å². The van der Waals surface area contributed by atoms with Crippen LogP contribution < -0.4 is 0 Å². The molecular formula is C18H19NO4. The molecule has 0 aliphatic heterocycles. The van der Waals surface area contributed by atoms with Crippen LogP contribution in [0, 0.1) is 12.3 Å². The summed E-state index contributed by atoms with van der Waals surface area (Å²) in [5.74, 6) is -1.80. The Hall–Kier alpha value is -2.69. The Bertz CT molecular complexity index is 765. The van der Waals surface area contributed by atoms with Gasteiger partial charge in [0.1, 0.15) is 11.4 Å². The number of hydrogen-bond acceptors (Lipinski definition) is 4. The molecule has 0 atom stereocenters. The number of ketones is 1. The molecule has 0 radical (unpaired) electrons. The molecule has 0 saturated heterocycles. The normalized spacial score (nSPS) is 11.3. The van der Waals surface area contributed by atoms with E-state index in [-0.39, 0.29) is 17.9 Å². The number of rotatable bonds is 5. The van der Waals surface area contributed by atoms with Crippen molar-refractivity contribution in [2.75, 3.05) is 0 Å². The predicted molar refractivity (Wildman–Crippen MR) is 86.4 cm³/mol. The highest BCUT2D eigenvalue weighted by molar-refractivity contribution is 5.99. The number of pyridine rings is 1. The average molecular weight is 313 g/mol. The zero-order chi connectivity index (χ0) is 17.2. The highest BCUT2D eigenvalue weighted by Gasteiger charge is 2.31. The number of aryl methyl sites for hydroxylation is 1. The van der Waals surface area contributed by atoms with Gasteiger partial charge in [-0.1, -0.05) is 29.8 Å². The molecule has 0 aliphatic rings. The first kappa shape index (κ1) is 16.7. The van der Waals surface area contributed by atoms with Gasteiger partial charge in [-0.15, -0.1) is 0 Å². The Morgan fingerprint density at radius 1 is 1.17 bits per heavy atom. The lowest BCUT2D eigenvalue weighted by atomic mass is 9.86. The standard InChI is InChI=1S/C18H19NO4/c1-11-5-4-6-12(7-11)13-8-14(20)16(19-10-13)15(21)9-18(2,3)17(22)23/h4-8,10,20H,9H2,1-3H3,(H,22,23). The van der Waals surface area contributed by atoms with E-state index in [9.17, 15) is 14.7 Å². The number of aromatic nitrogens is 1. The number of hydrogen-bond donors (Lipinski definition) is 2. The SMILES string of the molecule is Cc1cccc(-c2cnc(C(=O)CC(C)(C)C(=O)O)c(O)c2)c1. The molecule has 0 fully saturated rings. The van der Waals surface area contributed by atoms with Crippen LogP contribution in [0.3, 0.4) is 0 Å². The van der Waals surface area contributed by atoms with Gasteiger partial charge in [0.25, 0.3) is 0 Å². The highest BCUT2D eigenvalue weighted by Crippen LogP contribution is 2.29. The van der Waals surface area contributed by atoms with Gasteiger partial charge in [0, 0.05) is 18.2 Å². The van der Waals surface area contributed by atoms with E-state index in [0.717, 1.165) is 11.1 Å². The van der Waals surface area contributed by atoms with Gasteiger partial charge in [-0.3, -0.25) is 9.59 Å². The van der Waals surface area contributed by atoms with Crippen LogP contribution in [0.4, 0.5) is 0 Å². The minimum Gasteiger partial charge on any atom is -0.506 e. The zero-order valence-corrected chi connectivity index (χ0v) is 13.3. The third-order valence-corrected chi connectivity index (χ3v) is 3.66. The lowest BCUT2D eigenvalue weighted by molar-refractivity contribution is -0.146. The fourth-order valence-corrected chi connectivity index (χ4v) is 2.21. The lowest BCUT2D eigenvalue weighted by Crippen LogP contribution is -2.27. The van der Waals surface area contributed by atoms with Crippen LogP contribution in [-0.4, -0.2) is 26.9 Å². The maximum Gasteiger partial charge on any atom is 0.309 e. The molecule has 1 aromatic carbocycles. The number of carbonyl (C=O) groups is 2. The first-order valence-electron chi connectivity index (χ1n) is 7.23. The third kappa shape index (κ3) is 3.74. The van der Waals surface area contributed by atoms with Crippen LogP contribution in [0.25, 0.3) is 11.1 Å². The summed E-state index contributed by atoms with van der Waals surface area (Å²) in [5.41, 5.74) is 1.35. The van der Waals surface area contributed by atoms with E-state index in [1.807, 2.05) is 31.2 Å². The summed E-state index contributed by atoms with van der Waals surface area (Å²) in [6, 6.07) is 9.17. The molecule has 1 heterocycles. The minimum absolute atomic E-state index is 0.101. The quantitative estimate of drug-likeness (QED) is 0.826. The topological polar surface area (TPSA) is 87.5 Å². The second-order valence-corrected chi connectivity index (χ2v) is 6.25. The summed E-state index contributed by atoms with van der Waals surface area (Å²) in [6.45, 7) is 4.89. The van der Waals surface area contributed by atoms with Gasteiger partial charge in [-0.25, -0.2) is 4.98 Å². The molecule has 5 nitrogen and oxygen atoms in total. The van der Waals surface area contributed by atoms with Crippen molar-refractivity contribution in [1.29, 1.82) is 0 Å². The molecule has 0 bridgehead atoms. The fourth-order valence-electron chi connectivity index (χ4n) is 2.21. The van der Waals surface area contributed by atoms with Crippen molar-refractivity contribution >= 4 is 11.8 Å². The van der Waals surface area contributed by atoms with Gasteiger partial charge < -0.3 is 10.2 Å². The monoisotopic (exact) mass is 313 g/mol. The van der Waals surface area contributed by atoms with Crippen molar-refractivity contribution in [1.82, 2.24) is 4.98 Å². The molecule has 1 aromatic heterocycles. The Balaban J connectivity index is 2.29. The Morgan fingerprint density at radius 3 is 2.43 bits per heavy atom. The first-order valence-corrected chi connectivity index (χ1v) is 7.23. The van der Waals surface area contributed by atoms with Gasteiger partial charge in [-0.05, 0) is 32.4 Å². The predicted octanol–water partition coefficient (Wildman–Crippen LogP) is 3.45. The van der Waals surface area contributed by atoms with Gasteiger partial charge in [0.2, 0.25) is 0 Å². The van der Waals surface area contributed by atoms with Crippen LogP contribution >= 0.6 is 0 Å². The van der Waals surface area contributed by atoms with Crippen molar-refractivity contribution in [2.45, 2.75) is 27.2 Å². The number of aliphatic carboxylic acids is 1. The van der Waals surface area contributed by atoms with Gasteiger partial charge in [0.15, 0.2) is 5.78 Å². The second-order valence-electron chi connectivity index (χ2n) is 6.25. The van der Waals surface area contributed by atoms with Crippen LogP contribution in [0.2, 0.25) is 0 Å². The van der Waals surface area contributed by atoms with Crippen LogP contribution in [0.5, 0.6) is 5.75 Å². The largest absolute Gasteiger partial charge is 0.506 e. The highest BCUT2D eigenvalue weighted by atomic mass is 16.4. The number of carbonyl (C=O) groups excluding carboxylic acids is 1. The maximum absolute atomic E-state index is 12.2. The van der Waals surface area contributed by atoms with Crippen LogP contribution in [0.1, 0.15) is 36.3 Å². The molecule has 23 heavy (non-hydrogen) atoms. The summed E-state index contributed by atoms with van der Waals surface area (Å²) in [5, 5.41) is 19.2. The van der Waals surface area contributed by atoms with Crippen molar-refractivity contribution in [3.63, 3.8) is 0 Å². The summed E-state index contributed by atoms with van der Waals surface area (Å²) < 4.78 is 0. The molecule has 0 saturated carbocycles. The summed E-state index contributed by atoms with van der Waals surface area (Å²) in [7, 11) is 0. The summed E-state index contributed by atoms with van der Waals surface area (Å²) in [6.07, 6.45) is 1.28. The molecule has 0 aliphatic carbocycles. The molecule has 5 heteroatoms. The molecule has 2 N–H and O–H groups in total. The minimum atomic E-state index is -1.21. The van der Waals surface area contributed by atoms with E-state index in [0.29, 0.717) is 5.56 Å². The molecule has 0 unspecified atom stereocenters. The smallest absolute Gasteiger partial charge is 0.309 e.